The van der Waals surface area contributed by atoms with Crippen LogP contribution in [0.2, 0.25) is 0 Å². The summed E-state index contributed by atoms with van der Waals surface area (Å²) in [5, 5.41) is 3.35. The number of alkyl halides is 3. The molecular weight excluding hydrogens is 259 g/mol. The Balaban J connectivity index is 2.36. The normalized spacial score (nSPS) is 26.0. The molecule has 108 valence electrons. The largest absolute Gasteiger partial charge is 0.441 e. The van der Waals surface area contributed by atoms with E-state index in [2.05, 4.69) is 12.2 Å². The van der Waals surface area contributed by atoms with Gasteiger partial charge in [0.1, 0.15) is 0 Å². The molecule has 1 fully saturated rings. The fraction of sp³-hybridized carbons (Fsp3) is 1.00. The molecule has 1 aliphatic rings. The second-order valence-electron chi connectivity index (χ2n) is 5.05. The third-order valence-electron chi connectivity index (χ3n) is 3.73. The number of halogens is 3. The van der Waals surface area contributed by atoms with Gasteiger partial charge in [-0.2, -0.15) is 13.2 Å². The van der Waals surface area contributed by atoms with Crippen molar-refractivity contribution in [3.05, 3.63) is 0 Å². The fourth-order valence-corrected chi connectivity index (χ4v) is 3.42. The SMILES string of the molecule is CCNCC1CCCCCC1CCSC(F)(F)F. The summed E-state index contributed by atoms with van der Waals surface area (Å²) in [4.78, 5) is 0. The monoisotopic (exact) mass is 283 g/mol. The van der Waals surface area contributed by atoms with Crippen LogP contribution in [0.5, 0.6) is 0 Å². The van der Waals surface area contributed by atoms with Gasteiger partial charge in [0.25, 0.3) is 0 Å². The maximum atomic E-state index is 12.1. The molecule has 1 rings (SSSR count). The lowest BCUT2D eigenvalue weighted by Crippen LogP contribution is -2.28. The topological polar surface area (TPSA) is 12.0 Å². The fourth-order valence-electron chi connectivity index (χ4n) is 2.77. The van der Waals surface area contributed by atoms with E-state index in [1.54, 1.807) is 0 Å². The van der Waals surface area contributed by atoms with Crippen LogP contribution in [0.25, 0.3) is 0 Å². The highest BCUT2D eigenvalue weighted by atomic mass is 32.2. The number of rotatable bonds is 6. The number of hydrogen-bond donors (Lipinski definition) is 1. The summed E-state index contributed by atoms with van der Waals surface area (Å²) in [5.74, 6) is 1.26. The van der Waals surface area contributed by atoms with Crippen molar-refractivity contribution in [3.8, 4) is 0 Å². The van der Waals surface area contributed by atoms with E-state index in [1.165, 1.54) is 25.7 Å². The van der Waals surface area contributed by atoms with E-state index >= 15 is 0 Å². The van der Waals surface area contributed by atoms with Crippen LogP contribution in [0.3, 0.4) is 0 Å². The Morgan fingerprint density at radius 2 is 1.78 bits per heavy atom. The minimum absolute atomic E-state index is 0.139. The molecule has 0 spiro atoms. The maximum absolute atomic E-state index is 12.1. The zero-order valence-corrected chi connectivity index (χ0v) is 11.9. The van der Waals surface area contributed by atoms with Gasteiger partial charge in [0, 0.05) is 5.75 Å². The predicted molar refractivity (Wildman–Crippen MR) is 71.7 cm³/mol. The van der Waals surface area contributed by atoms with E-state index in [-0.39, 0.29) is 17.5 Å². The average molecular weight is 283 g/mol. The van der Waals surface area contributed by atoms with Crippen LogP contribution < -0.4 is 5.32 Å². The number of hydrogen-bond acceptors (Lipinski definition) is 2. The van der Waals surface area contributed by atoms with Crippen LogP contribution in [-0.4, -0.2) is 24.4 Å². The lowest BCUT2D eigenvalue weighted by molar-refractivity contribution is -0.0328. The molecule has 0 bridgehead atoms. The number of nitrogens with one attached hydrogen (secondary N) is 1. The Morgan fingerprint density at radius 1 is 1.11 bits per heavy atom. The highest BCUT2D eigenvalue weighted by molar-refractivity contribution is 8.00. The van der Waals surface area contributed by atoms with Crippen molar-refractivity contribution in [2.24, 2.45) is 11.8 Å². The second-order valence-corrected chi connectivity index (χ2v) is 6.21. The molecule has 0 amide bonds. The van der Waals surface area contributed by atoms with Crippen molar-refractivity contribution in [1.29, 1.82) is 0 Å². The molecule has 0 aliphatic heterocycles. The van der Waals surface area contributed by atoms with Gasteiger partial charge in [-0.3, -0.25) is 0 Å². The molecule has 0 heterocycles. The van der Waals surface area contributed by atoms with Crippen LogP contribution >= 0.6 is 11.8 Å². The minimum atomic E-state index is -4.07. The molecule has 2 atom stereocenters. The molecule has 0 aromatic heterocycles. The molecule has 1 nitrogen and oxygen atoms in total. The molecule has 0 saturated heterocycles. The summed E-state index contributed by atoms with van der Waals surface area (Å²) in [6, 6.07) is 0. The molecule has 18 heavy (non-hydrogen) atoms. The van der Waals surface area contributed by atoms with Gasteiger partial charge in [-0.15, -0.1) is 0 Å². The second kappa shape index (κ2) is 8.31. The first-order chi connectivity index (χ1) is 8.53. The highest BCUT2D eigenvalue weighted by Crippen LogP contribution is 2.35. The lowest BCUT2D eigenvalue weighted by Gasteiger charge is -2.25. The zero-order chi connectivity index (χ0) is 13.4. The summed E-state index contributed by atoms with van der Waals surface area (Å²) < 4.78 is 36.4. The number of thioether (sulfide) groups is 1. The molecule has 1 saturated carbocycles. The van der Waals surface area contributed by atoms with E-state index in [0.29, 0.717) is 18.3 Å². The van der Waals surface area contributed by atoms with Gasteiger partial charge >= 0.3 is 5.51 Å². The van der Waals surface area contributed by atoms with Crippen molar-refractivity contribution >= 4 is 11.8 Å². The third-order valence-corrected chi connectivity index (χ3v) is 4.49. The summed E-state index contributed by atoms with van der Waals surface area (Å²) in [7, 11) is 0. The van der Waals surface area contributed by atoms with Crippen LogP contribution in [0, 0.1) is 11.8 Å². The summed E-state index contributed by atoms with van der Waals surface area (Å²) in [6.07, 6.45) is 6.65. The Morgan fingerprint density at radius 3 is 2.39 bits per heavy atom. The third kappa shape index (κ3) is 6.88. The minimum Gasteiger partial charge on any atom is -0.317 e. The standard InChI is InChI=1S/C13H24F3NS/c1-2-17-10-12-7-5-3-4-6-11(12)8-9-18-13(14,15)16/h11-12,17H,2-10H2,1H3. The Kier molecular flexibility index (Phi) is 7.46. The van der Waals surface area contributed by atoms with Gasteiger partial charge in [-0.1, -0.05) is 44.4 Å². The van der Waals surface area contributed by atoms with Gasteiger partial charge in [-0.05, 0) is 37.8 Å². The lowest BCUT2D eigenvalue weighted by atomic mass is 9.86. The van der Waals surface area contributed by atoms with Crippen LogP contribution in [-0.2, 0) is 0 Å². The quantitative estimate of drug-likeness (QED) is 0.723. The molecule has 0 radical (unpaired) electrons. The zero-order valence-electron chi connectivity index (χ0n) is 11.1. The van der Waals surface area contributed by atoms with Crippen molar-refractivity contribution in [2.75, 3.05) is 18.8 Å². The first-order valence-corrected chi connectivity index (χ1v) is 7.93. The molecule has 0 aromatic carbocycles. The average Bonchev–Trinajstić information content (AvgIpc) is 2.50. The Labute approximate surface area is 112 Å². The molecule has 5 heteroatoms. The Bertz CT molecular complexity index is 221. The van der Waals surface area contributed by atoms with Crippen LogP contribution in [0.15, 0.2) is 0 Å². The van der Waals surface area contributed by atoms with Crippen molar-refractivity contribution in [2.45, 2.75) is 51.0 Å². The molecule has 1 N–H and O–H groups in total. The predicted octanol–water partition coefficient (Wildman–Crippen LogP) is 4.44. The highest BCUT2D eigenvalue weighted by Gasteiger charge is 2.29. The van der Waals surface area contributed by atoms with Gasteiger partial charge < -0.3 is 5.32 Å². The maximum Gasteiger partial charge on any atom is 0.441 e. The first kappa shape index (κ1) is 16.2. The van der Waals surface area contributed by atoms with E-state index in [1.807, 2.05) is 0 Å². The molecule has 0 aromatic rings. The first-order valence-electron chi connectivity index (χ1n) is 6.94. The van der Waals surface area contributed by atoms with Crippen molar-refractivity contribution in [1.82, 2.24) is 5.32 Å². The van der Waals surface area contributed by atoms with E-state index in [0.717, 1.165) is 19.5 Å². The van der Waals surface area contributed by atoms with Crippen LogP contribution in [0.1, 0.15) is 45.4 Å². The smallest absolute Gasteiger partial charge is 0.317 e. The van der Waals surface area contributed by atoms with Crippen molar-refractivity contribution in [3.63, 3.8) is 0 Å². The van der Waals surface area contributed by atoms with Gasteiger partial charge in [0.2, 0.25) is 0 Å². The van der Waals surface area contributed by atoms with Gasteiger partial charge in [0.05, 0.1) is 0 Å². The molecular formula is C13H24F3NS. The van der Waals surface area contributed by atoms with Crippen molar-refractivity contribution < 1.29 is 13.2 Å². The summed E-state index contributed by atoms with van der Waals surface area (Å²) in [6.45, 7) is 3.99. The molecule has 1 aliphatic carbocycles. The summed E-state index contributed by atoms with van der Waals surface area (Å²) in [5.41, 5.74) is -4.07. The van der Waals surface area contributed by atoms with E-state index < -0.39 is 5.51 Å². The van der Waals surface area contributed by atoms with Gasteiger partial charge in [0.15, 0.2) is 0 Å². The molecule has 2 unspecified atom stereocenters. The van der Waals surface area contributed by atoms with Crippen LogP contribution in [0.4, 0.5) is 13.2 Å². The van der Waals surface area contributed by atoms with E-state index in [9.17, 15) is 13.2 Å². The summed E-state index contributed by atoms with van der Waals surface area (Å²) >= 11 is 0.139. The Hall–Kier alpha value is 0.100. The van der Waals surface area contributed by atoms with E-state index in [4.69, 9.17) is 0 Å². The van der Waals surface area contributed by atoms with Gasteiger partial charge in [-0.25, -0.2) is 0 Å².